The number of fused-ring (bicyclic) bond motifs is 3. The summed E-state index contributed by atoms with van der Waals surface area (Å²) in [5, 5.41) is 0.540. The average Bonchev–Trinajstić information content (AvgIpc) is 2.87. The molecule has 0 bridgehead atoms. The molecular formula is C18H16N2S. The Labute approximate surface area is 128 Å². The van der Waals surface area contributed by atoms with Gasteiger partial charge in [-0.05, 0) is 12.1 Å². The Morgan fingerprint density at radius 1 is 1.05 bits per heavy atom. The molecular weight excluding hydrogens is 276 g/mol. The molecule has 3 aromatic rings. The van der Waals surface area contributed by atoms with Gasteiger partial charge in [-0.15, -0.1) is 11.8 Å². The minimum atomic E-state index is 0.540. The van der Waals surface area contributed by atoms with Crippen LogP contribution in [0.4, 0.5) is 0 Å². The SMILES string of the molecule is CC1Cc2nc(-c3ccccc3)cn2-c2ccccc2S1. The van der Waals surface area contributed by atoms with E-state index in [4.69, 9.17) is 4.98 Å². The number of nitrogens with zero attached hydrogens (tertiary/aromatic N) is 2. The number of rotatable bonds is 1. The quantitative estimate of drug-likeness (QED) is 0.653. The number of hydrogen-bond acceptors (Lipinski definition) is 2. The van der Waals surface area contributed by atoms with Crippen LogP contribution in [0.2, 0.25) is 0 Å². The van der Waals surface area contributed by atoms with Crippen LogP contribution in [0.15, 0.2) is 65.7 Å². The van der Waals surface area contributed by atoms with E-state index >= 15 is 0 Å². The fourth-order valence-corrected chi connectivity index (χ4v) is 3.90. The van der Waals surface area contributed by atoms with E-state index < -0.39 is 0 Å². The van der Waals surface area contributed by atoms with E-state index in [1.54, 1.807) is 0 Å². The normalized spacial score (nSPS) is 16.9. The highest BCUT2D eigenvalue weighted by molar-refractivity contribution is 8.00. The number of thioether (sulfide) groups is 1. The predicted molar refractivity (Wildman–Crippen MR) is 88.0 cm³/mol. The minimum Gasteiger partial charge on any atom is -0.302 e. The van der Waals surface area contributed by atoms with Crippen LogP contribution < -0.4 is 0 Å². The van der Waals surface area contributed by atoms with Crippen LogP contribution in [0, 0.1) is 0 Å². The van der Waals surface area contributed by atoms with Crippen molar-refractivity contribution >= 4 is 11.8 Å². The Kier molecular flexibility index (Phi) is 3.08. The van der Waals surface area contributed by atoms with E-state index in [0.717, 1.165) is 17.9 Å². The van der Waals surface area contributed by atoms with Crippen LogP contribution in [-0.2, 0) is 6.42 Å². The summed E-state index contributed by atoms with van der Waals surface area (Å²) in [6.07, 6.45) is 3.16. The third kappa shape index (κ3) is 2.28. The van der Waals surface area contributed by atoms with Gasteiger partial charge in [-0.3, -0.25) is 0 Å². The molecule has 2 heterocycles. The van der Waals surface area contributed by atoms with E-state index in [1.807, 2.05) is 17.8 Å². The van der Waals surface area contributed by atoms with Crippen molar-refractivity contribution < 1.29 is 0 Å². The van der Waals surface area contributed by atoms with Gasteiger partial charge in [-0.1, -0.05) is 49.4 Å². The zero-order valence-corrected chi connectivity index (χ0v) is 12.7. The first-order valence-electron chi connectivity index (χ1n) is 7.21. The second-order valence-corrected chi connectivity index (χ2v) is 6.86. The largest absolute Gasteiger partial charge is 0.302 e. The van der Waals surface area contributed by atoms with Crippen LogP contribution in [0.25, 0.3) is 16.9 Å². The molecule has 0 fully saturated rings. The third-order valence-corrected chi connectivity index (χ3v) is 4.94. The number of hydrogen-bond donors (Lipinski definition) is 0. The van der Waals surface area contributed by atoms with Crippen molar-refractivity contribution in [1.82, 2.24) is 9.55 Å². The molecule has 0 radical (unpaired) electrons. The molecule has 1 aromatic heterocycles. The highest BCUT2D eigenvalue weighted by atomic mass is 32.2. The Hall–Kier alpha value is -2.00. The smallest absolute Gasteiger partial charge is 0.115 e. The van der Waals surface area contributed by atoms with E-state index in [1.165, 1.54) is 16.1 Å². The zero-order valence-electron chi connectivity index (χ0n) is 11.9. The summed E-state index contributed by atoms with van der Waals surface area (Å²) in [4.78, 5) is 6.21. The molecule has 0 aliphatic carbocycles. The lowest BCUT2D eigenvalue weighted by atomic mass is 10.2. The summed E-state index contributed by atoms with van der Waals surface area (Å²) in [6, 6.07) is 19.0. The van der Waals surface area contributed by atoms with Gasteiger partial charge in [0.05, 0.1) is 11.4 Å². The summed E-state index contributed by atoms with van der Waals surface area (Å²) in [5.41, 5.74) is 3.48. The molecule has 3 heteroatoms. The maximum atomic E-state index is 4.88. The first-order valence-corrected chi connectivity index (χ1v) is 8.09. The summed E-state index contributed by atoms with van der Waals surface area (Å²) in [6.45, 7) is 2.27. The van der Waals surface area contributed by atoms with E-state index in [0.29, 0.717) is 5.25 Å². The monoisotopic (exact) mass is 292 g/mol. The van der Waals surface area contributed by atoms with E-state index in [2.05, 4.69) is 66.2 Å². The van der Waals surface area contributed by atoms with Gasteiger partial charge in [0.2, 0.25) is 0 Å². The standard InChI is InChI=1S/C18H16N2S/c1-13-11-18-19-15(14-7-3-2-4-8-14)12-20(18)16-9-5-6-10-17(16)21-13/h2-10,12-13H,11H2,1H3. The zero-order chi connectivity index (χ0) is 14.2. The lowest BCUT2D eigenvalue weighted by Gasteiger charge is -2.08. The van der Waals surface area contributed by atoms with Crippen molar-refractivity contribution in [2.24, 2.45) is 0 Å². The van der Waals surface area contributed by atoms with E-state index in [9.17, 15) is 0 Å². The van der Waals surface area contributed by atoms with Gasteiger partial charge in [0.15, 0.2) is 0 Å². The average molecular weight is 292 g/mol. The molecule has 2 nitrogen and oxygen atoms in total. The van der Waals surface area contributed by atoms with Gasteiger partial charge >= 0.3 is 0 Å². The van der Waals surface area contributed by atoms with Gasteiger partial charge < -0.3 is 4.57 Å². The first kappa shape index (κ1) is 12.7. The van der Waals surface area contributed by atoms with Gasteiger partial charge in [0.25, 0.3) is 0 Å². The molecule has 1 aliphatic heterocycles. The molecule has 1 unspecified atom stereocenters. The van der Waals surface area contributed by atoms with Crippen molar-refractivity contribution in [3.05, 3.63) is 66.6 Å². The molecule has 0 saturated carbocycles. The highest BCUT2D eigenvalue weighted by Gasteiger charge is 2.21. The summed E-state index contributed by atoms with van der Waals surface area (Å²) < 4.78 is 2.26. The van der Waals surface area contributed by atoms with Gasteiger partial charge in [0, 0.05) is 28.3 Å². The predicted octanol–water partition coefficient (Wildman–Crippen LogP) is 4.58. The topological polar surface area (TPSA) is 17.8 Å². The maximum absolute atomic E-state index is 4.88. The van der Waals surface area contributed by atoms with Crippen LogP contribution in [-0.4, -0.2) is 14.8 Å². The Morgan fingerprint density at radius 2 is 1.81 bits per heavy atom. The summed E-state index contributed by atoms with van der Waals surface area (Å²) in [5.74, 6) is 1.15. The molecule has 0 spiro atoms. The lowest BCUT2D eigenvalue weighted by Crippen LogP contribution is -2.03. The number of imidazole rings is 1. The molecule has 0 amide bonds. The molecule has 21 heavy (non-hydrogen) atoms. The molecule has 4 rings (SSSR count). The molecule has 0 saturated heterocycles. The van der Waals surface area contributed by atoms with Crippen LogP contribution in [0.1, 0.15) is 12.7 Å². The van der Waals surface area contributed by atoms with Crippen molar-refractivity contribution in [3.63, 3.8) is 0 Å². The minimum absolute atomic E-state index is 0.540. The lowest BCUT2D eigenvalue weighted by molar-refractivity contribution is 0.830. The summed E-state index contributed by atoms with van der Waals surface area (Å²) in [7, 11) is 0. The number of benzene rings is 2. The number of aromatic nitrogens is 2. The molecule has 1 atom stereocenters. The Bertz CT molecular complexity index is 777. The van der Waals surface area contributed by atoms with Crippen molar-refractivity contribution in [2.75, 3.05) is 0 Å². The first-order chi connectivity index (χ1) is 10.3. The van der Waals surface area contributed by atoms with Crippen molar-refractivity contribution in [3.8, 4) is 16.9 Å². The fourth-order valence-electron chi connectivity index (χ4n) is 2.79. The highest BCUT2D eigenvalue weighted by Crippen LogP contribution is 2.36. The maximum Gasteiger partial charge on any atom is 0.115 e. The summed E-state index contributed by atoms with van der Waals surface area (Å²) >= 11 is 1.93. The Balaban J connectivity index is 1.89. The second-order valence-electron chi connectivity index (χ2n) is 5.38. The van der Waals surface area contributed by atoms with E-state index in [-0.39, 0.29) is 0 Å². The molecule has 2 aromatic carbocycles. The number of para-hydroxylation sites is 1. The molecule has 0 N–H and O–H groups in total. The molecule has 1 aliphatic rings. The molecule has 104 valence electrons. The fraction of sp³-hybridized carbons (Fsp3) is 0.167. The van der Waals surface area contributed by atoms with Crippen molar-refractivity contribution in [2.45, 2.75) is 23.5 Å². The third-order valence-electron chi connectivity index (χ3n) is 3.77. The van der Waals surface area contributed by atoms with Gasteiger partial charge in [-0.2, -0.15) is 0 Å². The van der Waals surface area contributed by atoms with Gasteiger partial charge in [-0.25, -0.2) is 4.98 Å². The van der Waals surface area contributed by atoms with Crippen LogP contribution >= 0.6 is 11.8 Å². The Morgan fingerprint density at radius 3 is 2.67 bits per heavy atom. The second kappa shape index (κ2) is 5.08. The van der Waals surface area contributed by atoms with Crippen LogP contribution in [0.5, 0.6) is 0 Å². The van der Waals surface area contributed by atoms with Crippen molar-refractivity contribution in [1.29, 1.82) is 0 Å². The van der Waals surface area contributed by atoms with Crippen LogP contribution in [0.3, 0.4) is 0 Å². The van der Waals surface area contributed by atoms with Gasteiger partial charge in [0.1, 0.15) is 5.82 Å².